The molecule has 1 amide bonds. The zero-order valence-electron chi connectivity index (χ0n) is 11.9. The summed E-state index contributed by atoms with van der Waals surface area (Å²) < 4.78 is 5.34. The van der Waals surface area contributed by atoms with Crippen molar-refractivity contribution in [1.82, 2.24) is 0 Å². The number of carbonyl (C=O) groups excluding carboxylic acids is 1. The molecule has 106 valence electrons. The van der Waals surface area contributed by atoms with Gasteiger partial charge in [0.25, 0.3) is 0 Å². The summed E-state index contributed by atoms with van der Waals surface area (Å²) in [5, 5.41) is 2.82. The van der Waals surface area contributed by atoms with Crippen LogP contribution in [0.3, 0.4) is 0 Å². The van der Waals surface area contributed by atoms with Crippen LogP contribution in [0, 0.1) is 6.92 Å². The van der Waals surface area contributed by atoms with Crippen LogP contribution in [0.25, 0.3) is 0 Å². The Kier molecular flexibility index (Phi) is 6.97. The van der Waals surface area contributed by atoms with E-state index in [2.05, 4.69) is 12.2 Å². The predicted molar refractivity (Wildman–Crippen MR) is 79.2 cm³/mol. The largest absolute Gasteiger partial charge is 0.399 e. The molecule has 1 rings (SSSR count). The van der Waals surface area contributed by atoms with Gasteiger partial charge in [-0.25, -0.2) is 0 Å². The lowest BCUT2D eigenvalue weighted by Gasteiger charge is -2.09. The molecule has 4 nitrogen and oxygen atoms in total. The van der Waals surface area contributed by atoms with Crippen LogP contribution >= 0.6 is 0 Å². The molecule has 0 aliphatic heterocycles. The number of anilines is 2. The highest BCUT2D eigenvalue weighted by Gasteiger charge is 2.04. The van der Waals surface area contributed by atoms with Crippen LogP contribution in [0.2, 0.25) is 0 Å². The number of carbonyl (C=O) groups is 1. The first kappa shape index (κ1) is 15.5. The number of nitrogens with one attached hydrogen (secondary N) is 1. The van der Waals surface area contributed by atoms with Gasteiger partial charge in [0.05, 0.1) is 0 Å². The Morgan fingerprint density at radius 2 is 2.11 bits per heavy atom. The van der Waals surface area contributed by atoms with Crippen LogP contribution in [0.5, 0.6) is 0 Å². The fourth-order valence-electron chi connectivity index (χ4n) is 1.81. The molecule has 0 bridgehead atoms. The van der Waals surface area contributed by atoms with Crippen molar-refractivity contribution >= 4 is 17.3 Å². The molecule has 0 atom stereocenters. The third-order valence-electron chi connectivity index (χ3n) is 2.90. The van der Waals surface area contributed by atoms with Crippen molar-refractivity contribution in [3.8, 4) is 0 Å². The first-order valence-electron chi connectivity index (χ1n) is 6.87. The lowest BCUT2D eigenvalue weighted by molar-refractivity contribution is -0.120. The van der Waals surface area contributed by atoms with Gasteiger partial charge in [0, 0.05) is 18.0 Å². The van der Waals surface area contributed by atoms with Crippen LogP contribution in [-0.2, 0) is 9.53 Å². The number of nitrogen functional groups attached to an aromatic ring is 1. The van der Waals surface area contributed by atoms with Crippen molar-refractivity contribution in [3.63, 3.8) is 0 Å². The summed E-state index contributed by atoms with van der Waals surface area (Å²) in [6, 6.07) is 5.42. The lowest BCUT2D eigenvalue weighted by Crippen LogP contribution is -2.19. The van der Waals surface area contributed by atoms with Crippen molar-refractivity contribution in [2.24, 2.45) is 0 Å². The van der Waals surface area contributed by atoms with Crippen molar-refractivity contribution in [1.29, 1.82) is 0 Å². The lowest BCUT2D eigenvalue weighted by atomic mass is 10.2. The van der Waals surface area contributed by atoms with E-state index in [-0.39, 0.29) is 12.5 Å². The van der Waals surface area contributed by atoms with E-state index >= 15 is 0 Å². The normalized spacial score (nSPS) is 10.4. The summed E-state index contributed by atoms with van der Waals surface area (Å²) >= 11 is 0. The zero-order valence-corrected chi connectivity index (χ0v) is 11.9. The van der Waals surface area contributed by atoms with Gasteiger partial charge < -0.3 is 15.8 Å². The van der Waals surface area contributed by atoms with Crippen LogP contribution in [0.4, 0.5) is 11.4 Å². The summed E-state index contributed by atoms with van der Waals surface area (Å²) in [7, 11) is 0. The Bertz CT molecular complexity index is 405. The quantitative estimate of drug-likeness (QED) is 0.560. The summed E-state index contributed by atoms with van der Waals surface area (Å²) in [5.41, 5.74) is 8.10. The number of aryl methyl sites for hydroxylation is 1. The molecule has 0 saturated carbocycles. The minimum Gasteiger partial charge on any atom is -0.399 e. The van der Waals surface area contributed by atoms with E-state index in [4.69, 9.17) is 10.5 Å². The first-order chi connectivity index (χ1) is 9.13. The Morgan fingerprint density at radius 1 is 1.32 bits per heavy atom. The highest BCUT2D eigenvalue weighted by molar-refractivity contribution is 5.92. The van der Waals surface area contributed by atoms with Crippen LogP contribution < -0.4 is 11.1 Å². The van der Waals surface area contributed by atoms with Gasteiger partial charge in [-0.2, -0.15) is 0 Å². The van der Waals surface area contributed by atoms with Gasteiger partial charge in [-0.1, -0.05) is 26.2 Å². The minimum absolute atomic E-state index is 0.107. The third-order valence-corrected chi connectivity index (χ3v) is 2.90. The molecule has 1 aromatic rings. The van der Waals surface area contributed by atoms with Gasteiger partial charge in [-0.3, -0.25) is 4.79 Å². The molecule has 0 radical (unpaired) electrons. The van der Waals surface area contributed by atoms with Gasteiger partial charge in [0.2, 0.25) is 5.91 Å². The molecule has 0 aliphatic carbocycles. The maximum absolute atomic E-state index is 11.7. The molecular weight excluding hydrogens is 240 g/mol. The van der Waals surface area contributed by atoms with Crippen molar-refractivity contribution in [3.05, 3.63) is 23.8 Å². The second-order valence-corrected chi connectivity index (χ2v) is 4.74. The average molecular weight is 264 g/mol. The van der Waals surface area contributed by atoms with E-state index in [0.29, 0.717) is 12.3 Å². The van der Waals surface area contributed by atoms with E-state index < -0.39 is 0 Å². The molecule has 0 spiro atoms. The van der Waals surface area contributed by atoms with Crippen LogP contribution in [0.15, 0.2) is 18.2 Å². The summed E-state index contributed by atoms with van der Waals surface area (Å²) in [5.74, 6) is -0.122. The standard InChI is InChI=1S/C15H24N2O2/c1-3-4-5-6-9-19-11-15(18)17-14-8-7-13(16)10-12(14)2/h7-8,10H,3-6,9,11,16H2,1-2H3,(H,17,18). The highest BCUT2D eigenvalue weighted by atomic mass is 16.5. The smallest absolute Gasteiger partial charge is 0.250 e. The van der Waals surface area contributed by atoms with Gasteiger partial charge in [-0.15, -0.1) is 0 Å². The zero-order chi connectivity index (χ0) is 14.1. The van der Waals surface area contributed by atoms with Gasteiger partial charge in [0.1, 0.15) is 6.61 Å². The SMILES string of the molecule is CCCCCCOCC(=O)Nc1ccc(N)cc1C. The fraction of sp³-hybridized carbons (Fsp3) is 0.533. The molecule has 0 fully saturated rings. The summed E-state index contributed by atoms with van der Waals surface area (Å²) in [6.45, 7) is 4.84. The Balaban J connectivity index is 2.23. The van der Waals surface area contributed by atoms with Crippen LogP contribution in [-0.4, -0.2) is 19.1 Å². The van der Waals surface area contributed by atoms with E-state index in [1.807, 2.05) is 19.1 Å². The van der Waals surface area contributed by atoms with Crippen molar-refractivity contribution in [2.75, 3.05) is 24.3 Å². The second kappa shape index (κ2) is 8.53. The Hall–Kier alpha value is -1.55. The number of amides is 1. The van der Waals surface area contributed by atoms with Crippen molar-refractivity contribution < 1.29 is 9.53 Å². The van der Waals surface area contributed by atoms with E-state index in [9.17, 15) is 4.79 Å². The number of ether oxygens (including phenoxy) is 1. The number of rotatable bonds is 8. The molecule has 3 N–H and O–H groups in total. The Morgan fingerprint density at radius 3 is 2.79 bits per heavy atom. The maximum Gasteiger partial charge on any atom is 0.250 e. The molecule has 0 aromatic heterocycles. The molecule has 19 heavy (non-hydrogen) atoms. The molecule has 1 aromatic carbocycles. The monoisotopic (exact) mass is 264 g/mol. The van der Waals surface area contributed by atoms with E-state index in [0.717, 1.165) is 24.1 Å². The van der Waals surface area contributed by atoms with Crippen molar-refractivity contribution in [2.45, 2.75) is 39.5 Å². The number of nitrogens with two attached hydrogens (primary N) is 1. The highest BCUT2D eigenvalue weighted by Crippen LogP contribution is 2.17. The number of unbranched alkanes of at least 4 members (excludes halogenated alkanes) is 3. The molecule has 0 saturated heterocycles. The maximum atomic E-state index is 11.7. The van der Waals surface area contributed by atoms with E-state index in [1.54, 1.807) is 6.07 Å². The molecule has 0 unspecified atom stereocenters. The minimum atomic E-state index is -0.122. The predicted octanol–water partition coefficient (Wildman–Crippen LogP) is 3.11. The topological polar surface area (TPSA) is 64.3 Å². The number of benzene rings is 1. The summed E-state index contributed by atoms with van der Waals surface area (Å²) in [6.07, 6.45) is 4.61. The molecule has 4 heteroatoms. The van der Waals surface area contributed by atoms with Gasteiger partial charge in [-0.05, 0) is 37.1 Å². The average Bonchev–Trinajstić information content (AvgIpc) is 2.37. The fourth-order valence-corrected chi connectivity index (χ4v) is 1.81. The molecular formula is C15H24N2O2. The number of hydrogen-bond donors (Lipinski definition) is 2. The summed E-state index contributed by atoms with van der Waals surface area (Å²) in [4.78, 5) is 11.7. The first-order valence-corrected chi connectivity index (χ1v) is 6.87. The second-order valence-electron chi connectivity index (χ2n) is 4.74. The van der Waals surface area contributed by atoms with Crippen LogP contribution in [0.1, 0.15) is 38.2 Å². The van der Waals surface area contributed by atoms with Gasteiger partial charge >= 0.3 is 0 Å². The molecule has 0 aliphatic rings. The van der Waals surface area contributed by atoms with Gasteiger partial charge in [0.15, 0.2) is 0 Å². The number of hydrogen-bond acceptors (Lipinski definition) is 3. The Labute approximate surface area is 115 Å². The van der Waals surface area contributed by atoms with E-state index in [1.165, 1.54) is 12.8 Å². The third kappa shape index (κ3) is 6.25. The molecule has 0 heterocycles.